The Balaban J connectivity index is 1.65. The first-order chi connectivity index (χ1) is 19.2. The highest BCUT2D eigenvalue weighted by atomic mass is 16.5. The van der Waals surface area contributed by atoms with Crippen molar-refractivity contribution in [3.63, 3.8) is 0 Å². The molecule has 9 heteroatoms. The monoisotopic (exact) mass is 553 g/mol. The zero-order chi connectivity index (χ0) is 29.0. The highest BCUT2D eigenvalue weighted by Crippen LogP contribution is 2.46. The number of likely N-dealkylation sites (tertiary alicyclic amines) is 1. The molecular weight excluding hydrogens is 510 g/mol. The third-order valence-electron chi connectivity index (χ3n) is 8.10. The van der Waals surface area contributed by atoms with Gasteiger partial charge >= 0.3 is 0 Å². The second-order valence-corrected chi connectivity index (χ2v) is 11.1. The number of nitrogens with one attached hydrogen (secondary N) is 1. The normalized spacial score (nSPS) is 22.9. The predicted molar refractivity (Wildman–Crippen MR) is 154 cm³/mol. The predicted octanol–water partition coefficient (Wildman–Crippen LogP) is 4.12. The zero-order valence-corrected chi connectivity index (χ0v) is 24.8. The standard InChI is InChI=1S/C31H43N3O6/c1-19-13-20(2)18-34(17-19)12-8-11-32-30(35)28-22-15-26(39-6)27(40-7)16-23(22)31(36)33(3)29(28)21-9-10-24(37-4)25(14-21)38-5/h9-10,14-16,19-20,28-29H,8,11-13,17-18H2,1-7H3,(H,32,35)/t19-,20+,28-,29+/m1/s1. The van der Waals surface area contributed by atoms with Crippen molar-refractivity contribution in [2.75, 3.05) is 61.7 Å². The van der Waals surface area contributed by atoms with Gasteiger partial charge in [0.15, 0.2) is 23.0 Å². The number of carbonyl (C=O) groups is 2. The summed E-state index contributed by atoms with van der Waals surface area (Å²) < 4.78 is 22.0. The minimum atomic E-state index is -0.675. The van der Waals surface area contributed by atoms with Crippen LogP contribution in [0.15, 0.2) is 30.3 Å². The van der Waals surface area contributed by atoms with Crippen molar-refractivity contribution in [3.8, 4) is 23.0 Å². The first-order valence-electron chi connectivity index (χ1n) is 14.0. The Morgan fingerprint density at radius 2 is 1.50 bits per heavy atom. The van der Waals surface area contributed by atoms with Gasteiger partial charge in [0.1, 0.15) is 0 Å². The summed E-state index contributed by atoms with van der Waals surface area (Å²) in [6.07, 6.45) is 2.12. The Morgan fingerprint density at radius 1 is 0.900 bits per heavy atom. The molecule has 1 saturated heterocycles. The van der Waals surface area contributed by atoms with Crippen LogP contribution in [0.25, 0.3) is 0 Å². The molecule has 2 heterocycles. The second-order valence-electron chi connectivity index (χ2n) is 11.1. The average Bonchev–Trinajstić information content (AvgIpc) is 2.95. The molecule has 4 rings (SSSR count). The lowest BCUT2D eigenvalue weighted by molar-refractivity contribution is -0.124. The summed E-state index contributed by atoms with van der Waals surface area (Å²) in [4.78, 5) is 31.7. The van der Waals surface area contributed by atoms with Gasteiger partial charge in [-0.25, -0.2) is 0 Å². The van der Waals surface area contributed by atoms with Crippen LogP contribution in [0.2, 0.25) is 0 Å². The van der Waals surface area contributed by atoms with Crippen LogP contribution in [0.1, 0.15) is 60.1 Å². The second kappa shape index (κ2) is 12.8. The van der Waals surface area contributed by atoms with E-state index in [0.29, 0.717) is 52.5 Å². The first-order valence-corrected chi connectivity index (χ1v) is 14.0. The van der Waals surface area contributed by atoms with Gasteiger partial charge in [0.05, 0.1) is 40.4 Å². The maximum absolute atomic E-state index is 14.0. The number of fused-ring (bicyclic) bond motifs is 1. The Labute approximate surface area is 237 Å². The Hall–Kier alpha value is -3.46. The largest absolute Gasteiger partial charge is 0.493 e. The van der Waals surface area contributed by atoms with Gasteiger partial charge in [-0.2, -0.15) is 0 Å². The molecule has 2 aromatic rings. The molecule has 218 valence electrons. The van der Waals surface area contributed by atoms with Crippen LogP contribution in [0.5, 0.6) is 23.0 Å². The molecule has 1 fully saturated rings. The fourth-order valence-corrected chi connectivity index (χ4v) is 6.38. The van der Waals surface area contributed by atoms with Crippen molar-refractivity contribution in [3.05, 3.63) is 47.0 Å². The van der Waals surface area contributed by atoms with Crippen LogP contribution in [-0.2, 0) is 4.79 Å². The number of amides is 2. The minimum Gasteiger partial charge on any atom is -0.493 e. The Bertz CT molecular complexity index is 1210. The van der Waals surface area contributed by atoms with E-state index in [9.17, 15) is 9.59 Å². The van der Waals surface area contributed by atoms with Gasteiger partial charge in [0.25, 0.3) is 5.91 Å². The quantitative estimate of drug-likeness (QED) is 0.443. The molecule has 2 aromatic carbocycles. The molecule has 4 atom stereocenters. The van der Waals surface area contributed by atoms with Crippen molar-refractivity contribution in [2.45, 2.75) is 38.6 Å². The summed E-state index contributed by atoms with van der Waals surface area (Å²) in [6.45, 7) is 8.31. The molecule has 2 aliphatic rings. The molecule has 0 radical (unpaired) electrons. The van der Waals surface area contributed by atoms with Crippen molar-refractivity contribution >= 4 is 11.8 Å². The average molecular weight is 554 g/mol. The van der Waals surface area contributed by atoms with Crippen molar-refractivity contribution in [2.24, 2.45) is 11.8 Å². The topological polar surface area (TPSA) is 89.6 Å². The molecule has 2 amide bonds. The molecule has 0 saturated carbocycles. The highest BCUT2D eigenvalue weighted by Gasteiger charge is 2.43. The van der Waals surface area contributed by atoms with Gasteiger partial charge in [-0.1, -0.05) is 19.9 Å². The summed E-state index contributed by atoms with van der Waals surface area (Å²) in [7, 11) is 7.94. The van der Waals surface area contributed by atoms with Crippen molar-refractivity contribution < 1.29 is 28.5 Å². The lowest BCUT2D eigenvalue weighted by Gasteiger charge is -2.40. The maximum Gasteiger partial charge on any atom is 0.254 e. The smallest absolute Gasteiger partial charge is 0.254 e. The van der Waals surface area contributed by atoms with E-state index >= 15 is 0 Å². The van der Waals surface area contributed by atoms with E-state index in [1.165, 1.54) is 13.5 Å². The molecule has 0 bridgehead atoms. The summed E-state index contributed by atoms with van der Waals surface area (Å²) in [6, 6.07) is 8.36. The van der Waals surface area contributed by atoms with E-state index in [1.54, 1.807) is 51.5 Å². The number of carbonyl (C=O) groups excluding carboxylic acids is 2. The van der Waals surface area contributed by atoms with E-state index in [1.807, 2.05) is 12.1 Å². The number of methoxy groups -OCH3 is 4. The van der Waals surface area contributed by atoms with Gasteiger partial charge < -0.3 is 34.1 Å². The first kappa shape index (κ1) is 29.5. The number of ether oxygens (including phenoxy) is 4. The Morgan fingerprint density at radius 3 is 2.12 bits per heavy atom. The summed E-state index contributed by atoms with van der Waals surface area (Å²) in [5.74, 6) is 2.38. The molecule has 0 aromatic heterocycles. The molecule has 2 aliphatic heterocycles. The van der Waals surface area contributed by atoms with Crippen LogP contribution < -0.4 is 24.3 Å². The van der Waals surface area contributed by atoms with Gasteiger partial charge in [-0.15, -0.1) is 0 Å². The lowest BCUT2D eigenvalue weighted by Crippen LogP contribution is -2.46. The number of rotatable bonds is 10. The third kappa shape index (κ3) is 5.99. The summed E-state index contributed by atoms with van der Waals surface area (Å²) >= 11 is 0. The molecule has 0 spiro atoms. The number of piperidine rings is 1. The van der Waals surface area contributed by atoms with E-state index in [-0.39, 0.29) is 11.8 Å². The molecule has 0 unspecified atom stereocenters. The minimum absolute atomic E-state index is 0.145. The Kier molecular flexibility index (Phi) is 9.45. The number of likely N-dealkylation sites (N-methyl/N-ethyl adjacent to an activating group) is 1. The molecule has 0 aliphatic carbocycles. The van der Waals surface area contributed by atoms with Gasteiger partial charge in [-0.05, 0) is 66.6 Å². The molecule has 40 heavy (non-hydrogen) atoms. The molecular formula is C31H43N3O6. The zero-order valence-electron chi connectivity index (χ0n) is 24.8. The number of nitrogens with zero attached hydrogens (tertiary/aromatic N) is 2. The van der Waals surface area contributed by atoms with Gasteiger partial charge in [0.2, 0.25) is 5.91 Å². The van der Waals surface area contributed by atoms with E-state index in [2.05, 4.69) is 24.1 Å². The van der Waals surface area contributed by atoms with E-state index < -0.39 is 12.0 Å². The number of hydrogen-bond acceptors (Lipinski definition) is 7. The number of hydrogen-bond donors (Lipinski definition) is 1. The van der Waals surface area contributed by atoms with E-state index in [4.69, 9.17) is 18.9 Å². The van der Waals surface area contributed by atoms with Gasteiger partial charge in [0, 0.05) is 32.2 Å². The van der Waals surface area contributed by atoms with Crippen LogP contribution in [0, 0.1) is 11.8 Å². The van der Waals surface area contributed by atoms with Crippen LogP contribution in [0.4, 0.5) is 0 Å². The number of benzene rings is 2. The maximum atomic E-state index is 14.0. The summed E-state index contributed by atoms with van der Waals surface area (Å²) in [5, 5.41) is 3.18. The highest BCUT2D eigenvalue weighted by molar-refractivity contribution is 6.02. The van der Waals surface area contributed by atoms with Crippen molar-refractivity contribution in [1.82, 2.24) is 15.1 Å². The third-order valence-corrected chi connectivity index (χ3v) is 8.10. The van der Waals surface area contributed by atoms with Crippen LogP contribution >= 0.6 is 0 Å². The van der Waals surface area contributed by atoms with E-state index in [0.717, 1.165) is 31.6 Å². The fraction of sp³-hybridized carbons (Fsp3) is 0.548. The molecule has 1 N–H and O–H groups in total. The summed E-state index contributed by atoms with van der Waals surface area (Å²) in [5.41, 5.74) is 1.80. The lowest BCUT2D eigenvalue weighted by atomic mass is 9.79. The van der Waals surface area contributed by atoms with Crippen LogP contribution in [0.3, 0.4) is 0 Å². The van der Waals surface area contributed by atoms with Gasteiger partial charge in [-0.3, -0.25) is 9.59 Å². The van der Waals surface area contributed by atoms with Crippen molar-refractivity contribution in [1.29, 1.82) is 0 Å². The van der Waals surface area contributed by atoms with Crippen LogP contribution in [-0.4, -0.2) is 83.3 Å². The molecule has 9 nitrogen and oxygen atoms in total. The SMILES string of the molecule is COc1ccc([C@H]2[C@H](C(=O)NCCCN3C[C@H](C)C[C@H](C)C3)c3cc(OC)c(OC)cc3C(=O)N2C)cc1OC. The fourth-order valence-electron chi connectivity index (χ4n) is 6.38.